The van der Waals surface area contributed by atoms with Crippen LogP contribution in [0.25, 0.3) is 17.1 Å². The van der Waals surface area contributed by atoms with Crippen molar-refractivity contribution in [1.82, 2.24) is 34.4 Å². The highest BCUT2D eigenvalue weighted by molar-refractivity contribution is 5.72. The molecule has 4 heterocycles. The molecule has 1 aliphatic rings. The molecule has 0 unspecified atom stereocenters. The lowest BCUT2D eigenvalue weighted by atomic mass is 10.1. The molecule has 170 valence electrons. The Balaban J connectivity index is 1.52. The minimum absolute atomic E-state index is 0.252. The molecule has 4 aromatic rings. The second kappa shape index (κ2) is 8.74. The summed E-state index contributed by atoms with van der Waals surface area (Å²) in [5.41, 5.74) is 4.90. The molecule has 1 fully saturated rings. The highest BCUT2D eigenvalue weighted by atomic mass is 19.1. The van der Waals surface area contributed by atoms with E-state index in [0.29, 0.717) is 11.6 Å². The molecule has 0 aliphatic carbocycles. The second-order valence-corrected chi connectivity index (χ2v) is 8.51. The van der Waals surface area contributed by atoms with E-state index in [4.69, 9.17) is 5.10 Å². The second-order valence-electron chi connectivity index (χ2n) is 8.51. The first-order chi connectivity index (χ1) is 16.0. The molecule has 0 spiro atoms. The third-order valence-corrected chi connectivity index (χ3v) is 5.97. The maximum atomic E-state index is 13.6. The summed E-state index contributed by atoms with van der Waals surface area (Å²) in [5.74, 6) is 1.81. The summed E-state index contributed by atoms with van der Waals surface area (Å²) in [6, 6.07) is 10.5. The van der Waals surface area contributed by atoms with Gasteiger partial charge in [-0.15, -0.1) is 0 Å². The fourth-order valence-electron chi connectivity index (χ4n) is 4.46. The van der Waals surface area contributed by atoms with Crippen molar-refractivity contribution in [2.45, 2.75) is 33.2 Å². The van der Waals surface area contributed by atoms with Crippen LogP contribution < -0.4 is 5.32 Å². The zero-order valence-electron chi connectivity index (χ0n) is 19.1. The molecule has 1 saturated heterocycles. The van der Waals surface area contributed by atoms with Crippen LogP contribution >= 0.6 is 0 Å². The van der Waals surface area contributed by atoms with Crippen LogP contribution in [0.2, 0.25) is 0 Å². The summed E-state index contributed by atoms with van der Waals surface area (Å²) in [5, 5.41) is 12.7. The van der Waals surface area contributed by atoms with Gasteiger partial charge in [0.05, 0.1) is 11.4 Å². The number of likely N-dealkylation sites (tertiary alicyclic amines) is 1. The van der Waals surface area contributed by atoms with Gasteiger partial charge in [0.2, 0.25) is 0 Å². The molecule has 33 heavy (non-hydrogen) atoms. The van der Waals surface area contributed by atoms with E-state index in [2.05, 4.69) is 25.3 Å². The minimum Gasteiger partial charge on any atom is -0.323 e. The van der Waals surface area contributed by atoms with E-state index in [9.17, 15) is 4.39 Å². The average Bonchev–Trinajstić information content (AvgIpc) is 3.50. The van der Waals surface area contributed by atoms with Crippen LogP contribution in [0, 0.1) is 19.7 Å². The first-order valence-corrected chi connectivity index (χ1v) is 11.1. The number of benzene rings is 1. The van der Waals surface area contributed by atoms with Crippen LogP contribution in [0.3, 0.4) is 0 Å². The van der Waals surface area contributed by atoms with E-state index in [-0.39, 0.29) is 5.82 Å². The zero-order chi connectivity index (χ0) is 22.9. The Morgan fingerprint density at radius 1 is 1.00 bits per heavy atom. The topological polar surface area (TPSA) is 76.7 Å². The highest BCUT2D eigenvalue weighted by Gasteiger charge is 2.22. The van der Waals surface area contributed by atoms with E-state index in [1.165, 1.54) is 31.3 Å². The van der Waals surface area contributed by atoms with Crippen LogP contribution in [-0.4, -0.2) is 47.5 Å². The standard InChI is InChI=1S/C24H27FN8/c1-16-12-17(2)33(29-16)22-13-21(26-15-27-22)28-24-20(14-32-10-4-5-11-32)23(31(3)30-24)18-6-8-19(25)9-7-18/h6-9,12-13,15H,4-5,10-11,14H2,1-3H3,(H,26,27,28,30). The minimum atomic E-state index is -0.252. The SMILES string of the molecule is Cc1cc(C)n(-c2cc(Nc3nn(C)c(-c4ccc(F)cc4)c3CN3CCCC3)ncn2)n1. The van der Waals surface area contributed by atoms with Gasteiger partial charge in [-0.05, 0) is 70.1 Å². The first kappa shape index (κ1) is 21.3. The quantitative estimate of drug-likeness (QED) is 0.479. The van der Waals surface area contributed by atoms with Gasteiger partial charge in [-0.25, -0.2) is 19.0 Å². The van der Waals surface area contributed by atoms with Gasteiger partial charge in [-0.2, -0.15) is 10.2 Å². The van der Waals surface area contributed by atoms with Gasteiger partial charge in [0.25, 0.3) is 0 Å². The van der Waals surface area contributed by atoms with Gasteiger partial charge in [-0.3, -0.25) is 9.58 Å². The lowest BCUT2D eigenvalue weighted by Gasteiger charge is -2.17. The molecule has 0 amide bonds. The summed E-state index contributed by atoms with van der Waals surface area (Å²) in [6.45, 7) is 6.84. The normalized spacial score (nSPS) is 14.2. The van der Waals surface area contributed by atoms with Crippen molar-refractivity contribution in [2.75, 3.05) is 18.4 Å². The van der Waals surface area contributed by atoms with Crippen molar-refractivity contribution < 1.29 is 4.39 Å². The summed E-state index contributed by atoms with van der Waals surface area (Å²) >= 11 is 0. The molecular formula is C24H27FN8. The molecule has 9 heteroatoms. The van der Waals surface area contributed by atoms with E-state index >= 15 is 0 Å². The molecule has 1 N–H and O–H groups in total. The van der Waals surface area contributed by atoms with Crippen LogP contribution in [-0.2, 0) is 13.6 Å². The number of aromatic nitrogens is 6. The monoisotopic (exact) mass is 446 g/mol. The molecular weight excluding hydrogens is 419 g/mol. The van der Waals surface area contributed by atoms with Gasteiger partial charge >= 0.3 is 0 Å². The highest BCUT2D eigenvalue weighted by Crippen LogP contribution is 2.32. The molecule has 0 bridgehead atoms. The van der Waals surface area contributed by atoms with Crippen molar-refractivity contribution in [1.29, 1.82) is 0 Å². The van der Waals surface area contributed by atoms with Gasteiger partial charge in [0.15, 0.2) is 11.6 Å². The van der Waals surface area contributed by atoms with Crippen molar-refractivity contribution in [3.8, 4) is 17.1 Å². The average molecular weight is 447 g/mol. The van der Waals surface area contributed by atoms with Crippen molar-refractivity contribution in [2.24, 2.45) is 7.05 Å². The van der Waals surface area contributed by atoms with Crippen LogP contribution in [0.5, 0.6) is 0 Å². The summed E-state index contributed by atoms with van der Waals surface area (Å²) < 4.78 is 17.2. The zero-order valence-corrected chi connectivity index (χ0v) is 19.1. The fraction of sp³-hybridized carbons (Fsp3) is 0.333. The van der Waals surface area contributed by atoms with Crippen molar-refractivity contribution in [3.63, 3.8) is 0 Å². The summed E-state index contributed by atoms with van der Waals surface area (Å²) in [7, 11) is 1.92. The van der Waals surface area contributed by atoms with Gasteiger partial charge < -0.3 is 5.32 Å². The summed E-state index contributed by atoms with van der Waals surface area (Å²) in [6.07, 6.45) is 3.93. The predicted octanol–water partition coefficient (Wildman–Crippen LogP) is 4.16. The molecule has 0 saturated carbocycles. The molecule has 5 rings (SSSR count). The molecule has 0 radical (unpaired) electrons. The van der Waals surface area contributed by atoms with Crippen LogP contribution in [0.1, 0.15) is 29.8 Å². The van der Waals surface area contributed by atoms with Crippen LogP contribution in [0.15, 0.2) is 42.7 Å². The van der Waals surface area contributed by atoms with Gasteiger partial charge in [0, 0.05) is 36.5 Å². The smallest absolute Gasteiger partial charge is 0.159 e. The molecule has 8 nitrogen and oxygen atoms in total. The Morgan fingerprint density at radius 3 is 2.45 bits per heavy atom. The maximum absolute atomic E-state index is 13.6. The first-order valence-electron chi connectivity index (χ1n) is 11.1. The number of hydrogen-bond acceptors (Lipinski definition) is 6. The Hall–Kier alpha value is -3.59. The number of rotatable bonds is 6. The van der Waals surface area contributed by atoms with E-state index in [1.807, 2.05) is 37.7 Å². The number of aryl methyl sites for hydroxylation is 3. The predicted molar refractivity (Wildman–Crippen MR) is 125 cm³/mol. The Morgan fingerprint density at radius 2 is 1.76 bits per heavy atom. The molecule has 1 aliphatic heterocycles. The molecule has 3 aromatic heterocycles. The summed E-state index contributed by atoms with van der Waals surface area (Å²) in [4.78, 5) is 11.2. The molecule has 1 aromatic carbocycles. The number of halogens is 1. The maximum Gasteiger partial charge on any atom is 0.159 e. The van der Waals surface area contributed by atoms with Crippen LogP contribution in [0.4, 0.5) is 16.0 Å². The number of nitrogens with one attached hydrogen (secondary N) is 1. The lowest BCUT2D eigenvalue weighted by Crippen LogP contribution is -2.19. The number of nitrogens with zero attached hydrogens (tertiary/aromatic N) is 7. The third-order valence-electron chi connectivity index (χ3n) is 5.97. The van der Waals surface area contributed by atoms with E-state index < -0.39 is 0 Å². The van der Waals surface area contributed by atoms with Crippen molar-refractivity contribution >= 4 is 11.6 Å². The Kier molecular flexibility index (Phi) is 5.63. The Labute approximate surface area is 192 Å². The van der Waals surface area contributed by atoms with E-state index in [1.54, 1.807) is 16.8 Å². The van der Waals surface area contributed by atoms with E-state index in [0.717, 1.165) is 53.7 Å². The van der Waals surface area contributed by atoms with Gasteiger partial charge in [0.1, 0.15) is 18.0 Å². The Bertz CT molecular complexity index is 1270. The fourth-order valence-corrected chi connectivity index (χ4v) is 4.46. The lowest BCUT2D eigenvalue weighted by molar-refractivity contribution is 0.332. The largest absolute Gasteiger partial charge is 0.323 e. The number of hydrogen-bond donors (Lipinski definition) is 1. The molecule has 0 atom stereocenters. The number of anilines is 2. The van der Waals surface area contributed by atoms with Gasteiger partial charge in [-0.1, -0.05) is 0 Å². The van der Waals surface area contributed by atoms with Crippen molar-refractivity contribution in [3.05, 3.63) is 65.5 Å². The third kappa shape index (κ3) is 4.36.